The Morgan fingerprint density at radius 2 is 2.26 bits per heavy atom. The molecule has 0 amide bonds. The molecule has 23 heavy (non-hydrogen) atoms. The molecule has 0 bridgehead atoms. The Morgan fingerprint density at radius 1 is 1.52 bits per heavy atom. The number of nitrogens with two attached hydrogens (primary N) is 1. The van der Waals surface area contributed by atoms with Crippen LogP contribution in [0.25, 0.3) is 11.2 Å². The maximum atomic E-state index is 10.5. The van der Waals surface area contributed by atoms with Crippen LogP contribution in [0.1, 0.15) is 20.1 Å². The van der Waals surface area contributed by atoms with Crippen LogP contribution in [0.4, 0.5) is 5.95 Å². The SMILES string of the molecule is CC#CC1(Cl)[C@@H](O)[C@@H]([C@H](C)O)O[C@H]1n1cnc2cnc(N)nc21. The molecule has 0 radical (unpaired) electrons. The predicted molar refractivity (Wildman–Crippen MR) is 83.4 cm³/mol. The Morgan fingerprint density at radius 3 is 2.91 bits per heavy atom. The highest BCUT2D eigenvalue weighted by Crippen LogP contribution is 2.45. The zero-order chi connectivity index (χ0) is 16.8. The standard InChI is InChI=1S/C14H16ClN5O3/c1-3-4-14(15)10(22)9(7(2)21)23-12(14)20-6-18-8-5-17-13(16)19-11(8)20/h5-7,9-10,12,21-22H,1-2H3,(H2,16,17,19)/t7-,9+,10-,12+,14?/m0/s1. The Bertz CT molecular complexity index is 799. The van der Waals surface area contributed by atoms with Crippen molar-refractivity contribution in [2.75, 3.05) is 5.73 Å². The van der Waals surface area contributed by atoms with Gasteiger partial charge < -0.3 is 20.7 Å². The van der Waals surface area contributed by atoms with Crippen LogP contribution in [0.15, 0.2) is 12.5 Å². The Labute approximate surface area is 137 Å². The van der Waals surface area contributed by atoms with E-state index in [2.05, 4.69) is 26.8 Å². The van der Waals surface area contributed by atoms with Crippen molar-refractivity contribution < 1.29 is 14.9 Å². The van der Waals surface area contributed by atoms with E-state index in [1.54, 1.807) is 6.92 Å². The molecule has 0 saturated carbocycles. The molecule has 5 atom stereocenters. The Kier molecular flexibility index (Phi) is 3.90. The lowest BCUT2D eigenvalue weighted by atomic mass is 9.97. The number of aromatic nitrogens is 4. The van der Waals surface area contributed by atoms with Gasteiger partial charge in [-0.3, -0.25) is 4.57 Å². The summed E-state index contributed by atoms with van der Waals surface area (Å²) in [6.07, 6.45) is -0.970. The molecule has 1 unspecified atom stereocenters. The summed E-state index contributed by atoms with van der Waals surface area (Å²) in [7, 11) is 0. The molecule has 1 saturated heterocycles. The van der Waals surface area contributed by atoms with Crippen molar-refractivity contribution in [3.63, 3.8) is 0 Å². The number of aliphatic hydroxyl groups excluding tert-OH is 2. The first-order valence-corrected chi connectivity index (χ1v) is 7.35. The Balaban J connectivity index is 2.14. The van der Waals surface area contributed by atoms with Crippen molar-refractivity contribution in [2.45, 2.75) is 43.3 Å². The van der Waals surface area contributed by atoms with Crippen LogP contribution in [-0.2, 0) is 4.74 Å². The van der Waals surface area contributed by atoms with E-state index in [-0.39, 0.29) is 5.95 Å². The summed E-state index contributed by atoms with van der Waals surface area (Å²) < 4.78 is 7.32. The zero-order valence-corrected chi connectivity index (χ0v) is 13.3. The summed E-state index contributed by atoms with van der Waals surface area (Å²) in [5, 5.41) is 20.3. The quantitative estimate of drug-likeness (QED) is 0.523. The molecule has 8 nitrogen and oxygen atoms in total. The maximum absolute atomic E-state index is 10.5. The highest BCUT2D eigenvalue weighted by molar-refractivity contribution is 6.27. The molecule has 9 heteroatoms. The lowest BCUT2D eigenvalue weighted by molar-refractivity contribution is -0.0752. The van der Waals surface area contributed by atoms with E-state index in [0.717, 1.165) is 0 Å². The number of anilines is 1. The minimum absolute atomic E-state index is 0.0756. The predicted octanol–water partition coefficient (Wildman–Crippen LogP) is 0.0485. The third-order valence-electron chi connectivity index (χ3n) is 3.77. The van der Waals surface area contributed by atoms with Crippen LogP contribution in [0.3, 0.4) is 0 Å². The van der Waals surface area contributed by atoms with E-state index >= 15 is 0 Å². The lowest BCUT2D eigenvalue weighted by Gasteiger charge is -2.25. The van der Waals surface area contributed by atoms with Crippen molar-refractivity contribution in [1.29, 1.82) is 0 Å². The smallest absolute Gasteiger partial charge is 0.222 e. The monoisotopic (exact) mass is 337 g/mol. The second kappa shape index (κ2) is 5.62. The fourth-order valence-electron chi connectivity index (χ4n) is 2.69. The first-order chi connectivity index (χ1) is 10.9. The molecular weight excluding hydrogens is 322 g/mol. The number of nitrogens with zero attached hydrogens (tertiary/aromatic N) is 4. The third kappa shape index (κ3) is 2.42. The van der Waals surface area contributed by atoms with Crippen LogP contribution in [-0.4, -0.2) is 52.9 Å². The number of ether oxygens (including phenoxy) is 1. The topological polar surface area (TPSA) is 119 Å². The number of aliphatic hydroxyl groups is 2. The normalized spacial score (nSPS) is 31.8. The number of hydrogen-bond acceptors (Lipinski definition) is 7. The third-order valence-corrected chi connectivity index (χ3v) is 4.27. The van der Waals surface area contributed by atoms with Gasteiger partial charge in [-0.1, -0.05) is 17.5 Å². The van der Waals surface area contributed by atoms with Gasteiger partial charge in [0, 0.05) is 0 Å². The molecule has 122 valence electrons. The molecule has 1 fully saturated rings. The van der Waals surface area contributed by atoms with Crippen LogP contribution in [0.2, 0.25) is 0 Å². The van der Waals surface area contributed by atoms with Gasteiger partial charge in [-0.05, 0) is 13.8 Å². The van der Waals surface area contributed by atoms with Gasteiger partial charge in [-0.2, -0.15) is 4.98 Å². The van der Waals surface area contributed by atoms with Crippen LogP contribution in [0, 0.1) is 11.8 Å². The summed E-state index contributed by atoms with van der Waals surface area (Å²) in [5.41, 5.74) is 6.53. The van der Waals surface area contributed by atoms with Gasteiger partial charge in [-0.15, -0.1) is 5.92 Å². The average Bonchev–Trinajstić information content (AvgIpc) is 3.00. The summed E-state index contributed by atoms with van der Waals surface area (Å²) in [6.45, 7) is 3.12. The van der Waals surface area contributed by atoms with Gasteiger partial charge in [0.1, 0.15) is 17.7 Å². The van der Waals surface area contributed by atoms with Crippen molar-refractivity contribution >= 4 is 28.7 Å². The number of rotatable bonds is 2. The van der Waals surface area contributed by atoms with E-state index in [1.807, 2.05) is 0 Å². The van der Waals surface area contributed by atoms with Crippen molar-refractivity contribution in [3.8, 4) is 11.8 Å². The molecule has 3 rings (SSSR count). The van der Waals surface area contributed by atoms with Crippen molar-refractivity contribution in [2.24, 2.45) is 0 Å². The average molecular weight is 338 g/mol. The van der Waals surface area contributed by atoms with Gasteiger partial charge in [0.05, 0.1) is 18.6 Å². The first-order valence-electron chi connectivity index (χ1n) is 6.98. The summed E-state index contributed by atoms with van der Waals surface area (Å²) in [5.74, 6) is 5.55. The van der Waals surface area contributed by atoms with Crippen LogP contribution >= 0.6 is 11.6 Å². The van der Waals surface area contributed by atoms with E-state index < -0.39 is 29.4 Å². The number of imidazole rings is 1. The highest BCUT2D eigenvalue weighted by Gasteiger charge is 2.57. The molecule has 2 aromatic rings. The van der Waals surface area contributed by atoms with E-state index in [9.17, 15) is 10.2 Å². The van der Waals surface area contributed by atoms with Crippen molar-refractivity contribution in [3.05, 3.63) is 12.5 Å². The molecule has 1 aliphatic rings. The summed E-state index contributed by atoms with van der Waals surface area (Å²) >= 11 is 6.57. The molecule has 3 heterocycles. The largest absolute Gasteiger partial charge is 0.391 e. The zero-order valence-electron chi connectivity index (χ0n) is 12.5. The number of nitrogen functional groups attached to an aromatic ring is 1. The summed E-state index contributed by atoms with van der Waals surface area (Å²) in [4.78, 5) is 10.7. The number of fused-ring (bicyclic) bond motifs is 1. The molecule has 4 N–H and O–H groups in total. The lowest BCUT2D eigenvalue weighted by Crippen LogP contribution is -2.43. The molecule has 0 aliphatic carbocycles. The Hall–Kier alpha value is -1.92. The van der Waals surface area contributed by atoms with Gasteiger partial charge in [0.15, 0.2) is 16.7 Å². The molecule has 0 spiro atoms. The van der Waals surface area contributed by atoms with Gasteiger partial charge in [0.25, 0.3) is 0 Å². The second-order valence-corrected chi connectivity index (χ2v) is 6.00. The second-order valence-electron chi connectivity index (χ2n) is 5.37. The van der Waals surface area contributed by atoms with Gasteiger partial charge in [0.2, 0.25) is 5.95 Å². The molecular formula is C14H16ClN5O3. The number of alkyl halides is 1. The van der Waals surface area contributed by atoms with Crippen LogP contribution in [0.5, 0.6) is 0 Å². The van der Waals surface area contributed by atoms with E-state index in [0.29, 0.717) is 11.2 Å². The van der Waals surface area contributed by atoms with Crippen LogP contribution < -0.4 is 5.73 Å². The summed E-state index contributed by atoms with van der Waals surface area (Å²) in [6, 6.07) is 0. The van der Waals surface area contributed by atoms with Gasteiger partial charge in [-0.25, -0.2) is 9.97 Å². The first kappa shape index (κ1) is 16.0. The number of hydrogen-bond donors (Lipinski definition) is 3. The highest BCUT2D eigenvalue weighted by atomic mass is 35.5. The minimum atomic E-state index is -1.45. The van der Waals surface area contributed by atoms with Gasteiger partial charge >= 0.3 is 0 Å². The molecule has 1 aliphatic heterocycles. The van der Waals surface area contributed by atoms with E-state index in [4.69, 9.17) is 22.1 Å². The number of halogens is 1. The van der Waals surface area contributed by atoms with Crippen molar-refractivity contribution in [1.82, 2.24) is 19.5 Å². The van der Waals surface area contributed by atoms with E-state index in [1.165, 1.54) is 24.0 Å². The minimum Gasteiger partial charge on any atom is -0.391 e. The fraction of sp³-hybridized carbons (Fsp3) is 0.500. The molecule has 0 aromatic carbocycles. The fourth-order valence-corrected chi connectivity index (χ4v) is 3.07. The molecule has 2 aromatic heterocycles. The maximum Gasteiger partial charge on any atom is 0.222 e.